The van der Waals surface area contributed by atoms with Gasteiger partial charge in [-0.05, 0) is 30.2 Å². The molecule has 4 nitrogen and oxygen atoms in total. The Hall–Kier alpha value is -2.88. The second-order valence-corrected chi connectivity index (χ2v) is 5.21. The van der Waals surface area contributed by atoms with Gasteiger partial charge in [0.05, 0.1) is 12.6 Å². The van der Waals surface area contributed by atoms with Crippen molar-refractivity contribution >= 4 is 16.8 Å². The minimum absolute atomic E-state index is 0.161. The molecule has 0 aliphatic rings. The van der Waals surface area contributed by atoms with Crippen molar-refractivity contribution in [3.05, 3.63) is 71.9 Å². The quantitative estimate of drug-likeness (QED) is 0.787. The molecule has 1 amide bonds. The normalized spacial score (nSPS) is 10.5. The molecule has 1 N–H and O–H groups in total. The summed E-state index contributed by atoms with van der Waals surface area (Å²) in [7, 11) is 1.65. The van der Waals surface area contributed by atoms with Crippen molar-refractivity contribution in [2.75, 3.05) is 13.7 Å². The smallest absolute Gasteiger partial charge is 0.269 e. The van der Waals surface area contributed by atoms with Gasteiger partial charge in [0, 0.05) is 11.9 Å². The lowest BCUT2D eigenvalue weighted by molar-refractivity contribution is 0.0949. The first kappa shape index (κ1) is 15.0. The van der Waals surface area contributed by atoms with E-state index in [0.29, 0.717) is 18.7 Å². The van der Waals surface area contributed by atoms with Crippen molar-refractivity contribution < 1.29 is 9.53 Å². The molecule has 1 aromatic heterocycles. The number of amides is 1. The highest BCUT2D eigenvalue weighted by molar-refractivity contribution is 5.94. The maximum Gasteiger partial charge on any atom is 0.269 e. The van der Waals surface area contributed by atoms with Gasteiger partial charge in [-0.2, -0.15) is 0 Å². The van der Waals surface area contributed by atoms with Crippen LogP contribution in [0.3, 0.4) is 0 Å². The summed E-state index contributed by atoms with van der Waals surface area (Å²) in [5.74, 6) is 0.677. The molecule has 116 valence electrons. The van der Waals surface area contributed by atoms with Crippen molar-refractivity contribution in [1.82, 2.24) is 10.3 Å². The van der Waals surface area contributed by atoms with Crippen LogP contribution in [0, 0.1) is 0 Å². The van der Waals surface area contributed by atoms with Gasteiger partial charge in [0.2, 0.25) is 0 Å². The second kappa shape index (κ2) is 6.92. The third kappa shape index (κ3) is 3.48. The van der Waals surface area contributed by atoms with Gasteiger partial charge in [-0.3, -0.25) is 4.79 Å². The molecule has 2 aromatic carbocycles. The van der Waals surface area contributed by atoms with Gasteiger partial charge >= 0.3 is 0 Å². The number of hydrogen-bond acceptors (Lipinski definition) is 3. The summed E-state index contributed by atoms with van der Waals surface area (Å²) >= 11 is 0. The number of nitrogens with zero attached hydrogens (tertiary/aromatic N) is 1. The Balaban J connectivity index is 1.64. The maximum atomic E-state index is 12.2. The van der Waals surface area contributed by atoms with E-state index in [4.69, 9.17) is 4.74 Å². The number of benzene rings is 2. The van der Waals surface area contributed by atoms with Crippen LogP contribution < -0.4 is 10.1 Å². The lowest BCUT2D eigenvalue weighted by Gasteiger charge is -2.09. The average Bonchev–Trinajstić information content (AvgIpc) is 2.61. The molecule has 0 unspecified atom stereocenters. The zero-order valence-electron chi connectivity index (χ0n) is 13.0. The Morgan fingerprint density at radius 1 is 1.04 bits per heavy atom. The summed E-state index contributed by atoms with van der Waals surface area (Å²) < 4.78 is 5.31. The first-order valence-corrected chi connectivity index (χ1v) is 7.54. The minimum atomic E-state index is -0.161. The minimum Gasteiger partial charge on any atom is -0.496 e. The molecule has 3 rings (SSSR count). The lowest BCUT2D eigenvalue weighted by Crippen LogP contribution is -2.26. The number of hydrogen-bond donors (Lipinski definition) is 1. The molecule has 3 aromatic rings. The zero-order chi connectivity index (χ0) is 16.1. The van der Waals surface area contributed by atoms with E-state index in [-0.39, 0.29) is 5.91 Å². The third-order valence-electron chi connectivity index (χ3n) is 3.70. The summed E-state index contributed by atoms with van der Waals surface area (Å²) in [6.07, 6.45) is 0.712. The third-order valence-corrected chi connectivity index (χ3v) is 3.70. The molecule has 0 fully saturated rings. The summed E-state index contributed by atoms with van der Waals surface area (Å²) in [6.45, 7) is 0.535. The Kier molecular flexibility index (Phi) is 4.52. The van der Waals surface area contributed by atoms with Crippen molar-refractivity contribution in [2.45, 2.75) is 6.42 Å². The number of carbonyl (C=O) groups is 1. The fraction of sp³-hybridized carbons (Fsp3) is 0.158. The van der Waals surface area contributed by atoms with E-state index in [0.717, 1.165) is 22.2 Å². The van der Waals surface area contributed by atoms with Crippen molar-refractivity contribution in [1.29, 1.82) is 0 Å². The lowest BCUT2D eigenvalue weighted by atomic mass is 10.1. The predicted molar refractivity (Wildman–Crippen MR) is 90.8 cm³/mol. The molecule has 4 heteroatoms. The zero-order valence-corrected chi connectivity index (χ0v) is 13.0. The number of aromatic nitrogens is 1. The van der Waals surface area contributed by atoms with Crippen LogP contribution in [0.1, 0.15) is 16.1 Å². The predicted octanol–water partition coefficient (Wildman–Crippen LogP) is 3.22. The Bertz CT molecular complexity index is 830. The van der Waals surface area contributed by atoms with E-state index in [9.17, 15) is 4.79 Å². The molecule has 1 heterocycles. The van der Waals surface area contributed by atoms with E-state index in [2.05, 4.69) is 10.3 Å². The van der Waals surface area contributed by atoms with Gasteiger partial charge in [-0.15, -0.1) is 0 Å². The summed E-state index contributed by atoms with van der Waals surface area (Å²) in [6, 6.07) is 19.2. The van der Waals surface area contributed by atoms with Crippen LogP contribution in [-0.2, 0) is 6.42 Å². The SMILES string of the molecule is COc1ccccc1CCNC(=O)c1ccc2ccccc2n1. The van der Waals surface area contributed by atoms with E-state index in [1.807, 2.05) is 54.6 Å². The second-order valence-electron chi connectivity index (χ2n) is 5.21. The number of rotatable bonds is 5. The molecule has 0 bridgehead atoms. The number of nitrogens with one attached hydrogen (secondary N) is 1. The molecular formula is C19H18N2O2. The standard InChI is InChI=1S/C19H18N2O2/c1-23-18-9-5-3-7-15(18)12-13-20-19(22)17-11-10-14-6-2-4-8-16(14)21-17/h2-11H,12-13H2,1H3,(H,20,22). The maximum absolute atomic E-state index is 12.2. The molecular weight excluding hydrogens is 288 g/mol. The molecule has 0 aliphatic heterocycles. The summed E-state index contributed by atoms with van der Waals surface area (Å²) in [4.78, 5) is 16.6. The van der Waals surface area contributed by atoms with Gasteiger partial charge in [0.1, 0.15) is 11.4 Å². The average molecular weight is 306 g/mol. The molecule has 0 saturated heterocycles. The van der Waals surface area contributed by atoms with Crippen LogP contribution in [0.25, 0.3) is 10.9 Å². The number of carbonyl (C=O) groups excluding carboxylic acids is 1. The number of para-hydroxylation sites is 2. The van der Waals surface area contributed by atoms with Gasteiger partial charge in [-0.25, -0.2) is 4.98 Å². The van der Waals surface area contributed by atoms with Crippen molar-refractivity contribution in [3.8, 4) is 5.75 Å². The van der Waals surface area contributed by atoms with Gasteiger partial charge in [-0.1, -0.05) is 42.5 Å². The Morgan fingerprint density at radius 2 is 1.83 bits per heavy atom. The first-order valence-electron chi connectivity index (χ1n) is 7.54. The highest BCUT2D eigenvalue weighted by Gasteiger charge is 2.08. The summed E-state index contributed by atoms with van der Waals surface area (Å²) in [5.41, 5.74) is 2.33. The van der Waals surface area contributed by atoms with Gasteiger partial charge in [0.15, 0.2) is 0 Å². The fourth-order valence-corrected chi connectivity index (χ4v) is 2.50. The van der Waals surface area contributed by atoms with Crippen LogP contribution in [-0.4, -0.2) is 24.5 Å². The molecule has 0 saturated carbocycles. The Morgan fingerprint density at radius 3 is 2.70 bits per heavy atom. The van der Waals surface area contributed by atoms with Crippen LogP contribution in [0.15, 0.2) is 60.7 Å². The molecule has 0 aliphatic carbocycles. The number of fused-ring (bicyclic) bond motifs is 1. The number of ether oxygens (including phenoxy) is 1. The van der Waals surface area contributed by atoms with Crippen molar-refractivity contribution in [2.24, 2.45) is 0 Å². The number of methoxy groups -OCH3 is 1. The van der Waals surface area contributed by atoms with Gasteiger partial charge < -0.3 is 10.1 Å². The van der Waals surface area contributed by atoms with Crippen LogP contribution in [0.4, 0.5) is 0 Å². The van der Waals surface area contributed by atoms with Crippen LogP contribution >= 0.6 is 0 Å². The monoisotopic (exact) mass is 306 g/mol. The van der Waals surface area contributed by atoms with Gasteiger partial charge in [0.25, 0.3) is 5.91 Å². The molecule has 0 spiro atoms. The summed E-state index contributed by atoms with van der Waals surface area (Å²) in [5, 5.41) is 3.93. The molecule has 23 heavy (non-hydrogen) atoms. The highest BCUT2D eigenvalue weighted by atomic mass is 16.5. The molecule has 0 atom stereocenters. The van der Waals surface area contributed by atoms with E-state index in [1.165, 1.54) is 0 Å². The van der Waals surface area contributed by atoms with E-state index < -0.39 is 0 Å². The first-order chi connectivity index (χ1) is 11.3. The Labute approximate surface area is 135 Å². The topological polar surface area (TPSA) is 51.2 Å². The molecule has 0 radical (unpaired) electrons. The van der Waals surface area contributed by atoms with E-state index >= 15 is 0 Å². The van der Waals surface area contributed by atoms with E-state index in [1.54, 1.807) is 13.2 Å². The number of pyridine rings is 1. The fourth-order valence-electron chi connectivity index (χ4n) is 2.50. The van der Waals surface area contributed by atoms with Crippen LogP contribution in [0.2, 0.25) is 0 Å². The van der Waals surface area contributed by atoms with Crippen LogP contribution in [0.5, 0.6) is 5.75 Å². The van der Waals surface area contributed by atoms with Crippen molar-refractivity contribution in [3.63, 3.8) is 0 Å². The highest BCUT2D eigenvalue weighted by Crippen LogP contribution is 2.17. The largest absolute Gasteiger partial charge is 0.496 e.